The molecule has 4 rings (SSSR count). The predicted octanol–water partition coefficient (Wildman–Crippen LogP) is 4.53. The number of hydrogen-bond acceptors (Lipinski definition) is 5. The molecule has 0 unspecified atom stereocenters. The molecule has 134 valence electrons. The molecule has 0 fully saturated rings. The highest BCUT2D eigenvalue weighted by Gasteiger charge is 2.15. The van der Waals surface area contributed by atoms with Gasteiger partial charge in [0.2, 0.25) is 5.28 Å². The second-order valence-corrected chi connectivity index (χ2v) is 6.17. The summed E-state index contributed by atoms with van der Waals surface area (Å²) in [5.41, 5.74) is 0.896. The first-order valence-corrected chi connectivity index (χ1v) is 8.58. The van der Waals surface area contributed by atoms with Gasteiger partial charge in [0, 0.05) is 18.5 Å². The maximum absolute atomic E-state index is 12.9. The lowest BCUT2D eigenvalue weighted by Crippen LogP contribution is -2.13. The summed E-state index contributed by atoms with van der Waals surface area (Å²) in [5.74, 6) is 0.759. The molecule has 0 saturated heterocycles. The van der Waals surface area contributed by atoms with E-state index in [2.05, 4.69) is 15.3 Å². The number of aromatic nitrogens is 3. The second kappa shape index (κ2) is 7.09. The summed E-state index contributed by atoms with van der Waals surface area (Å²) in [5, 5.41) is 5.04. The molecule has 0 atom stereocenters. The lowest BCUT2D eigenvalue weighted by molar-refractivity contribution is 0.0955. The zero-order valence-electron chi connectivity index (χ0n) is 14.4. The van der Waals surface area contributed by atoms with Crippen molar-refractivity contribution in [3.8, 4) is 5.75 Å². The third kappa shape index (κ3) is 3.47. The van der Waals surface area contributed by atoms with Crippen LogP contribution in [0.4, 0.5) is 11.5 Å². The van der Waals surface area contributed by atoms with E-state index in [1.54, 1.807) is 25.6 Å². The summed E-state index contributed by atoms with van der Waals surface area (Å²) in [6.45, 7) is 0. The SMILES string of the molecule is COc1ccccc1Nc1cc(C(=O)n2cc3ccccc3c2)nc(Cl)n1. The largest absolute Gasteiger partial charge is 0.495 e. The van der Waals surface area contributed by atoms with E-state index in [9.17, 15) is 4.79 Å². The first-order valence-electron chi connectivity index (χ1n) is 8.20. The maximum Gasteiger partial charge on any atom is 0.280 e. The molecule has 27 heavy (non-hydrogen) atoms. The molecule has 0 aliphatic carbocycles. The van der Waals surface area contributed by atoms with Crippen molar-refractivity contribution < 1.29 is 9.53 Å². The molecule has 0 aliphatic rings. The number of carbonyl (C=O) groups excluding carboxylic acids is 1. The van der Waals surface area contributed by atoms with Crippen molar-refractivity contribution in [2.24, 2.45) is 0 Å². The lowest BCUT2D eigenvalue weighted by atomic mass is 10.2. The lowest BCUT2D eigenvalue weighted by Gasteiger charge is -2.11. The van der Waals surface area contributed by atoms with Gasteiger partial charge in [-0.2, -0.15) is 0 Å². The highest BCUT2D eigenvalue weighted by atomic mass is 35.5. The van der Waals surface area contributed by atoms with Gasteiger partial charge in [0.05, 0.1) is 12.8 Å². The number of para-hydroxylation sites is 2. The van der Waals surface area contributed by atoms with Gasteiger partial charge in [-0.15, -0.1) is 0 Å². The predicted molar refractivity (Wildman–Crippen MR) is 105 cm³/mol. The van der Waals surface area contributed by atoms with Crippen LogP contribution < -0.4 is 10.1 Å². The number of rotatable bonds is 4. The Hall–Kier alpha value is -3.38. The van der Waals surface area contributed by atoms with Crippen LogP contribution in [0.5, 0.6) is 5.75 Å². The van der Waals surface area contributed by atoms with Gasteiger partial charge in [-0.05, 0) is 34.5 Å². The van der Waals surface area contributed by atoms with Crippen LogP contribution in [0, 0.1) is 0 Å². The van der Waals surface area contributed by atoms with Crippen molar-refractivity contribution in [1.82, 2.24) is 14.5 Å². The Kier molecular flexibility index (Phi) is 4.48. The summed E-state index contributed by atoms with van der Waals surface area (Å²) in [6, 6.07) is 16.7. The normalized spacial score (nSPS) is 10.7. The number of benzene rings is 2. The number of carbonyl (C=O) groups is 1. The molecule has 0 spiro atoms. The van der Waals surface area contributed by atoms with Crippen LogP contribution in [0.25, 0.3) is 10.8 Å². The van der Waals surface area contributed by atoms with E-state index in [0.29, 0.717) is 17.3 Å². The van der Waals surface area contributed by atoms with Crippen molar-refractivity contribution in [2.45, 2.75) is 0 Å². The third-order valence-corrected chi connectivity index (χ3v) is 4.24. The number of methoxy groups -OCH3 is 1. The molecule has 6 nitrogen and oxygen atoms in total. The van der Waals surface area contributed by atoms with Gasteiger partial charge in [-0.1, -0.05) is 36.4 Å². The fourth-order valence-electron chi connectivity index (χ4n) is 2.81. The molecule has 0 amide bonds. The Bertz CT molecular complexity index is 1110. The molecule has 0 aliphatic heterocycles. The molecule has 0 saturated carbocycles. The number of ether oxygens (including phenoxy) is 1. The summed E-state index contributed by atoms with van der Waals surface area (Å²) in [6.07, 6.45) is 3.53. The summed E-state index contributed by atoms with van der Waals surface area (Å²) < 4.78 is 6.81. The van der Waals surface area contributed by atoms with Crippen molar-refractivity contribution in [3.63, 3.8) is 0 Å². The Morgan fingerprint density at radius 3 is 2.41 bits per heavy atom. The third-order valence-electron chi connectivity index (χ3n) is 4.07. The molecule has 0 radical (unpaired) electrons. The maximum atomic E-state index is 12.9. The van der Waals surface area contributed by atoms with E-state index in [0.717, 1.165) is 10.8 Å². The van der Waals surface area contributed by atoms with Crippen molar-refractivity contribution in [2.75, 3.05) is 12.4 Å². The molecular formula is C20H15ClN4O2. The Morgan fingerprint density at radius 1 is 1.04 bits per heavy atom. The average Bonchev–Trinajstić information content (AvgIpc) is 3.11. The zero-order chi connectivity index (χ0) is 18.8. The molecule has 7 heteroatoms. The Labute approximate surface area is 160 Å². The Morgan fingerprint density at radius 2 is 1.70 bits per heavy atom. The first-order chi connectivity index (χ1) is 13.1. The molecule has 2 heterocycles. The number of fused-ring (bicyclic) bond motifs is 1. The van der Waals surface area contributed by atoms with E-state index in [4.69, 9.17) is 16.3 Å². The summed E-state index contributed by atoms with van der Waals surface area (Å²) >= 11 is 6.05. The van der Waals surface area contributed by atoms with Crippen LogP contribution in [0.3, 0.4) is 0 Å². The number of hydrogen-bond donors (Lipinski definition) is 1. The van der Waals surface area contributed by atoms with Gasteiger partial charge in [0.25, 0.3) is 5.91 Å². The number of anilines is 2. The minimum atomic E-state index is -0.293. The van der Waals surface area contributed by atoms with Crippen LogP contribution in [-0.4, -0.2) is 27.6 Å². The van der Waals surface area contributed by atoms with E-state index < -0.39 is 0 Å². The molecule has 4 aromatic rings. The monoisotopic (exact) mass is 378 g/mol. The van der Waals surface area contributed by atoms with Gasteiger partial charge < -0.3 is 10.1 Å². The average molecular weight is 379 g/mol. The fourth-order valence-corrected chi connectivity index (χ4v) is 2.99. The number of halogens is 1. The van der Waals surface area contributed by atoms with Gasteiger partial charge >= 0.3 is 0 Å². The zero-order valence-corrected chi connectivity index (χ0v) is 15.1. The standard InChI is InChI=1S/C20H15ClN4O2/c1-27-17-9-5-4-8-15(17)22-18-10-16(23-20(21)24-18)19(26)25-11-13-6-2-3-7-14(13)12-25/h2-12H,1H3,(H,22,23,24). The highest BCUT2D eigenvalue weighted by Crippen LogP contribution is 2.27. The summed E-state index contributed by atoms with van der Waals surface area (Å²) in [4.78, 5) is 21.1. The quantitative estimate of drug-likeness (QED) is 0.528. The summed E-state index contributed by atoms with van der Waals surface area (Å²) in [7, 11) is 1.58. The fraction of sp³-hybridized carbons (Fsp3) is 0.0500. The molecule has 2 aromatic heterocycles. The first kappa shape index (κ1) is 17.1. The van der Waals surface area contributed by atoms with Crippen molar-refractivity contribution >= 4 is 39.8 Å². The highest BCUT2D eigenvalue weighted by molar-refractivity contribution is 6.28. The Balaban J connectivity index is 1.68. The molecule has 0 bridgehead atoms. The van der Waals surface area contributed by atoms with Gasteiger partial charge in [-0.3, -0.25) is 9.36 Å². The van der Waals surface area contributed by atoms with Crippen molar-refractivity contribution in [3.05, 3.63) is 78.0 Å². The molecule has 1 N–H and O–H groups in total. The smallest absolute Gasteiger partial charge is 0.280 e. The van der Waals surface area contributed by atoms with E-state index in [1.165, 1.54) is 4.57 Å². The number of nitrogens with zero attached hydrogens (tertiary/aromatic N) is 3. The van der Waals surface area contributed by atoms with Crippen LogP contribution >= 0.6 is 11.6 Å². The number of nitrogens with one attached hydrogen (secondary N) is 1. The topological polar surface area (TPSA) is 69.0 Å². The second-order valence-electron chi connectivity index (χ2n) is 5.83. The van der Waals surface area contributed by atoms with Crippen LogP contribution in [0.15, 0.2) is 67.0 Å². The van der Waals surface area contributed by atoms with Crippen LogP contribution in [-0.2, 0) is 0 Å². The van der Waals surface area contributed by atoms with Crippen LogP contribution in [0.1, 0.15) is 10.5 Å². The minimum Gasteiger partial charge on any atom is -0.495 e. The van der Waals surface area contributed by atoms with E-state index >= 15 is 0 Å². The minimum absolute atomic E-state index is 0.0186. The van der Waals surface area contributed by atoms with Crippen molar-refractivity contribution in [1.29, 1.82) is 0 Å². The molecular weight excluding hydrogens is 364 g/mol. The molecule has 2 aromatic carbocycles. The van der Waals surface area contributed by atoms with Crippen LogP contribution in [0.2, 0.25) is 5.28 Å². The van der Waals surface area contributed by atoms with E-state index in [1.807, 2.05) is 48.5 Å². The van der Waals surface area contributed by atoms with E-state index in [-0.39, 0.29) is 16.9 Å². The van der Waals surface area contributed by atoms with Gasteiger partial charge in [0.1, 0.15) is 17.3 Å². The van der Waals surface area contributed by atoms with Gasteiger partial charge in [-0.25, -0.2) is 9.97 Å². The van der Waals surface area contributed by atoms with Gasteiger partial charge in [0.15, 0.2) is 0 Å².